The molecule has 0 saturated heterocycles. The summed E-state index contributed by atoms with van der Waals surface area (Å²) in [6.07, 6.45) is 2.23. The molecule has 1 nitrogen and oxygen atoms in total. The Bertz CT molecular complexity index is 393. The lowest BCUT2D eigenvalue weighted by atomic mass is 10.1. The monoisotopic (exact) mass is 173 g/mol. The van der Waals surface area contributed by atoms with Gasteiger partial charge >= 0.3 is 0 Å². The third-order valence-electron chi connectivity index (χ3n) is 2.26. The molecule has 1 aromatic carbocycles. The summed E-state index contributed by atoms with van der Waals surface area (Å²) < 4.78 is 0. The van der Waals surface area contributed by atoms with Gasteiger partial charge in [-0.2, -0.15) is 0 Å². The van der Waals surface area contributed by atoms with Gasteiger partial charge in [0.25, 0.3) is 0 Å². The predicted molar refractivity (Wildman–Crippen MR) is 53.2 cm³/mol. The van der Waals surface area contributed by atoms with E-state index in [2.05, 4.69) is 35.3 Å². The van der Waals surface area contributed by atoms with Crippen LogP contribution < -0.4 is 0 Å². The summed E-state index contributed by atoms with van der Waals surface area (Å²) in [5, 5.41) is 0. The average molecular weight is 173 g/mol. The van der Waals surface area contributed by atoms with Gasteiger partial charge in [0.15, 0.2) is 0 Å². The molecule has 58 valence electrons. The van der Waals surface area contributed by atoms with Gasteiger partial charge in [0.1, 0.15) is 6.04 Å². The molecule has 0 N–H and O–H groups in total. The zero-order valence-electron chi connectivity index (χ0n) is 6.40. The third kappa shape index (κ3) is 0.730. The van der Waals surface area contributed by atoms with Gasteiger partial charge in [0.2, 0.25) is 0 Å². The Balaban J connectivity index is 2.23. The molecule has 0 bridgehead atoms. The molecule has 1 heterocycles. The lowest BCUT2D eigenvalue weighted by Crippen LogP contribution is -1.87. The van der Waals surface area contributed by atoms with Crippen molar-refractivity contribution in [3.05, 3.63) is 40.3 Å². The number of hydrogen-bond acceptors (Lipinski definition) is 2. The molecule has 0 spiro atoms. The van der Waals surface area contributed by atoms with Crippen molar-refractivity contribution in [2.45, 2.75) is 6.04 Å². The van der Waals surface area contributed by atoms with Gasteiger partial charge in [-0.1, -0.05) is 36.0 Å². The second kappa shape index (κ2) is 2.23. The van der Waals surface area contributed by atoms with E-state index in [1.165, 1.54) is 16.0 Å². The van der Waals surface area contributed by atoms with Crippen LogP contribution in [-0.4, -0.2) is 5.55 Å². The van der Waals surface area contributed by atoms with E-state index in [1.54, 1.807) is 11.8 Å². The predicted octanol–water partition coefficient (Wildman–Crippen LogP) is 2.86. The summed E-state index contributed by atoms with van der Waals surface area (Å²) in [4.78, 5) is 5.78. The Morgan fingerprint density at radius 2 is 2.17 bits per heavy atom. The fraction of sp³-hybridized carbons (Fsp3) is 0.100. The number of nitrogens with zero attached hydrogens (tertiary/aromatic N) is 1. The summed E-state index contributed by atoms with van der Waals surface area (Å²) in [5.41, 5.74) is 4.63. The Kier molecular flexibility index (Phi) is 1.21. The summed E-state index contributed by atoms with van der Waals surface area (Å²) in [7, 11) is 0. The Hall–Kier alpha value is -1.02. The molecule has 3 rings (SSSR count). The van der Waals surface area contributed by atoms with Crippen LogP contribution in [0.4, 0.5) is 0 Å². The fourth-order valence-corrected chi connectivity index (χ4v) is 2.50. The van der Waals surface area contributed by atoms with Crippen molar-refractivity contribution in [2.75, 3.05) is 0 Å². The Labute approximate surface area is 75.2 Å². The van der Waals surface area contributed by atoms with Gasteiger partial charge in [0, 0.05) is 4.91 Å². The first-order chi connectivity index (χ1) is 5.95. The first kappa shape index (κ1) is 6.49. The molecule has 0 aromatic heterocycles. The molecule has 1 aromatic rings. The summed E-state index contributed by atoms with van der Waals surface area (Å²) in [6.45, 7) is 0. The van der Waals surface area contributed by atoms with Crippen LogP contribution >= 0.6 is 11.8 Å². The van der Waals surface area contributed by atoms with E-state index in [0.717, 1.165) is 0 Å². The lowest BCUT2D eigenvalue weighted by molar-refractivity contribution is 0.937. The average Bonchev–Trinajstić information content (AvgIpc) is 2.62. The van der Waals surface area contributed by atoms with Crippen molar-refractivity contribution < 1.29 is 0 Å². The van der Waals surface area contributed by atoms with Crippen LogP contribution in [0, 0.1) is 0 Å². The molecule has 2 aliphatic rings. The largest absolute Gasteiger partial charge is 0.273 e. The molecule has 2 heteroatoms. The quantitative estimate of drug-likeness (QED) is 0.587. The smallest absolute Gasteiger partial charge is 0.107 e. The van der Waals surface area contributed by atoms with Crippen LogP contribution in [0.15, 0.2) is 34.2 Å². The molecule has 1 unspecified atom stereocenters. The molecule has 1 aliphatic carbocycles. The third-order valence-corrected chi connectivity index (χ3v) is 3.10. The standard InChI is InChI=1S/C10H7NS/c1-2-4-8-7(3-1)5-9-10(8)11-6-12-9/h1-6,10H. The maximum Gasteiger partial charge on any atom is 0.107 e. The van der Waals surface area contributed by atoms with Crippen LogP contribution in [-0.2, 0) is 0 Å². The minimum atomic E-state index is 0.325. The van der Waals surface area contributed by atoms with Gasteiger partial charge in [-0.25, -0.2) is 0 Å². The van der Waals surface area contributed by atoms with Crippen molar-refractivity contribution >= 4 is 23.4 Å². The molecular weight excluding hydrogens is 166 g/mol. The van der Waals surface area contributed by atoms with E-state index in [9.17, 15) is 0 Å². The van der Waals surface area contributed by atoms with Gasteiger partial charge in [-0.05, 0) is 17.2 Å². The maximum atomic E-state index is 4.41. The second-order valence-corrected chi connectivity index (χ2v) is 3.87. The van der Waals surface area contributed by atoms with Gasteiger partial charge < -0.3 is 0 Å². The number of benzene rings is 1. The van der Waals surface area contributed by atoms with E-state index in [-0.39, 0.29) is 0 Å². The number of thioether (sulfide) groups is 1. The molecule has 0 saturated carbocycles. The summed E-state index contributed by atoms with van der Waals surface area (Å²) in [6, 6.07) is 8.79. The van der Waals surface area contributed by atoms with Crippen molar-refractivity contribution in [3.8, 4) is 0 Å². The number of aliphatic imine (C=N–C) groups is 1. The molecule has 12 heavy (non-hydrogen) atoms. The highest BCUT2D eigenvalue weighted by atomic mass is 32.2. The van der Waals surface area contributed by atoms with E-state index in [4.69, 9.17) is 0 Å². The topological polar surface area (TPSA) is 12.4 Å². The van der Waals surface area contributed by atoms with Gasteiger partial charge in [-0.15, -0.1) is 0 Å². The Morgan fingerprint density at radius 3 is 3.17 bits per heavy atom. The van der Waals surface area contributed by atoms with Crippen molar-refractivity contribution in [1.82, 2.24) is 0 Å². The van der Waals surface area contributed by atoms with Crippen molar-refractivity contribution in [3.63, 3.8) is 0 Å². The van der Waals surface area contributed by atoms with E-state index in [1.807, 2.05) is 5.55 Å². The van der Waals surface area contributed by atoms with Crippen LogP contribution in [0.2, 0.25) is 0 Å². The normalized spacial score (nSPS) is 23.7. The van der Waals surface area contributed by atoms with Gasteiger partial charge in [0.05, 0.1) is 5.55 Å². The number of hydrogen-bond donors (Lipinski definition) is 0. The van der Waals surface area contributed by atoms with Crippen molar-refractivity contribution in [2.24, 2.45) is 4.99 Å². The molecular formula is C10H7NS. The molecule has 0 amide bonds. The summed E-state index contributed by atoms with van der Waals surface area (Å²) in [5.74, 6) is 0. The molecule has 1 atom stereocenters. The molecule has 0 radical (unpaired) electrons. The first-order valence-corrected chi connectivity index (χ1v) is 4.82. The Morgan fingerprint density at radius 1 is 1.25 bits per heavy atom. The highest BCUT2D eigenvalue weighted by Crippen LogP contribution is 2.45. The van der Waals surface area contributed by atoms with Crippen LogP contribution in [0.3, 0.4) is 0 Å². The summed E-state index contributed by atoms with van der Waals surface area (Å²) >= 11 is 1.74. The number of fused-ring (bicyclic) bond motifs is 3. The van der Waals surface area contributed by atoms with E-state index >= 15 is 0 Å². The minimum Gasteiger partial charge on any atom is -0.273 e. The van der Waals surface area contributed by atoms with E-state index < -0.39 is 0 Å². The fourth-order valence-electron chi connectivity index (χ4n) is 1.68. The molecule has 0 fully saturated rings. The highest BCUT2D eigenvalue weighted by Gasteiger charge is 2.26. The van der Waals surface area contributed by atoms with E-state index in [0.29, 0.717) is 6.04 Å². The lowest BCUT2D eigenvalue weighted by Gasteiger charge is -2.02. The zero-order valence-corrected chi connectivity index (χ0v) is 7.21. The maximum absolute atomic E-state index is 4.41. The van der Waals surface area contributed by atoms with Crippen LogP contribution in [0.25, 0.3) is 6.08 Å². The van der Waals surface area contributed by atoms with Gasteiger partial charge in [-0.3, -0.25) is 4.99 Å². The minimum absolute atomic E-state index is 0.325. The van der Waals surface area contributed by atoms with Crippen LogP contribution in [0.5, 0.6) is 0 Å². The molecule has 1 aliphatic heterocycles. The number of rotatable bonds is 0. The zero-order chi connectivity index (χ0) is 7.97. The van der Waals surface area contributed by atoms with Crippen LogP contribution in [0.1, 0.15) is 17.2 Å². The first-order valence-electron chi connectivity index (χ1n) is 3.94. The highest BCUT2D eigenvalue weighted by molar-refractivity contribution is 8.15. The second-order valence-electron chi connectivity index (χ2n) is 2.95. The SMILES string of the molecule is C1=NC2C(=Cc3ccccc32)S1. The van der Waals surface area contributed by atoms with Crippen molar-refractivity contribution in [1.29, 1.82) is 0 Å².